The third-order valence-electron chi connectivity index (χ3n) is 7.39. The zero-order valence-electron chi connectivity index (χ0n) is 24.7. The Kier molecular flexibility index (Phi) is 14.6. The maximum atomic E-state index is 11.2. The van der Waals surface area contributed by atoms with Gasteiger partial charge in [-0.1, -0.05) is 87.2 Å². The molecule has 0 aromatic heterocycles. The van der Waals surface area contributed by atoms with E-state index in [1.807, 2.05) is 30.3 Å². The van der Waals surface area contributed by atoms with Crippen molar-refractivity contribution >= 4 is 45.1 Å². The van der Waals surface area contributed by atoms with Crippen molar-refractivity contribution < 1.29 is 28.5 Å². The zero-order chi connectivity index (χ0) is 29.3. The van der Waals surface area contributed by atoms with Gasteiger partial charge in [-0.3, -0.25) is 9.59 Å². The van der Waals surface area contributed by atoms with Gasteiger partial charge >= 0.3 is 11.9 Å². The molecule has 0 aliphatic heterocycles. The summed E-state index contributed by atoms with van der Waals surface area (Å²) in [7, 11) is 2.87. The largest absolute Gasteiger partial charge is 0.492 e. The predicted octanol–water partition coefficient (Wildman–Crippen LogP) is 9.21. The Morgan fingerprint density at radius 1 is 0.561 bits per heavy atom. The van der Waals surface area contributed by atoms with Crippen molar-refractivity contribution in [2.24, 2.45) is 0 Å². The van der Waals surface area contributed by atoms with Crippen molar-refractivity contribution in [2.75, 3.05) is 27.4 Å². The van der Waals surface area contributed by atoms with Crippen LogP contribution in [-0.2, 0) is 19.1 Å². The smallest absolute Gasteiger partial charge is 0.305 e. The fourth-order valence-corrected chi connectivity index (χ4v) is 5.26. The molecule has 224 valence electrons. The maximum Gasteiger partial charge on any atom is 0.305 e. The average molecular weight is 585 g/mol. The van der Waals surface area contributed by atoms with Crippen molar-refractivity contribution in [3.8, 4) is 11.5 Å². The summed E-state index contributed by atoms with van der Waals surface area (Å²) in [6.45, 7) is 1.28. The molecule has 3 aromatic carbocycles. The molecule has 0 fully saturated rings. The summed E-state index contributed by atoms with van der Waals surface area (Å²) in [4.78, 5) is 22.4. The topological polar surface area (TPSA) is 71.1 Å². The Morgan fingerprint density at radius 3 is 1.46 bits per heavy atom. The molecule has 0 amide bonds. The van der Waals surface area contributed by atoms with Gasteiger partial charge in [-0.05, 0) is 43.9 Å². The van der Waals surface area contributed by atoms with Gasteiger partial charge < -0.3 is 18.9 Å². The minimum atomic E-state index is -0.130. The molecule has 0 spiro atoms. The lowest BCUT2D eigenvalue weighted by molar-refractivity contribution is -0.141. The zero-order valence-corrected chi connectivity index (χ0v) is 25.4. The van der Waals surface area contributed by atoms with Crippen LogP contribution in [0.15, 0.2) is 42.5 Å². The van der Waals surface area contributed by atoms with Crippen molar-refractivity contribution in [1.82, 2.24) is 0 Å². The van der Waals surface area contributed by atoms with Crippen LogP contribution in [0.2, 0.25) is 5.02 Å². The van der Waals surface area contributed by atoms with E-state index >= 15 is 0 Å². The van der Waals surface area contributed by atoms with Crippen LogP contribution in [0.1, 0.15) is 89.9 Å². The lowest BCUT2D eigenvalue weighted by Crippen LogP contribution is -2.02. The Hall–Kier alpha value is -2.99. The molecule has 0 aliphatic carbocycles. The van der Waals surface area contributed by atoms with E-state index in [2.05, 4.69) is 12.1 Å². The number of ether oxygens (including phenoxy) is 4. The molecule has 3 aromatic rings. The number of hydrogen-bond acceptors (Lipinski definition) is 6. The van der Waals surface area contributed by atoms with Crippen molar-refractivity contribution in [1.29, 1.82) is 0 Å². The Balaban J connectivity index is 1.55. The lowest BCUT2D eigenvalue weighted by atomic mass is 10.0. The summed E-state index contributed by atoms with van der Waals surface area (Å²) >= 11 is 6.44. The first-order valence-electron chi connectivity index (χ1n) is 15.1. The van der Waals surface area contributed by atoms with Gasteiger partial charge in [0.15, 0.2) is 0 Å². The third-order valence-corrected chi connectivity index (χ3v) is 7.62. The SMILES string of the molecule is COC(=O)CCCCCCCCOc1c2ccccc2c(OCCCCCCCCC(=O)OC)c2cc(Cl)ccc12. The molecule has 3 rings (SSSR count). The normalized spacial score (nSPS) is 11.1. The fraction of sp³-hybridized carbons (Fsp3) is 0.529. The third kappa shape index (κ3) is 10.7. The highest BCUT2D eigenvalue weighted by molar-refractivity contribution is 6.31. The standard InChI is InChI=1S/C34H45ClO6/c1-38-31(36)19-11-7-3-5-9-15-23-40-33-27-17-13-14-18-28(27)34(30-25-26(35)21-22-29(30)33)41-24-16-10-6-4-8-12-20-32(37)39-2/h13-14,17-18,21-22,25H,3-12,15-16,19-20,23-24H2,1-2H3. The number of hydrogen-bond donors (Lipinski definition) is 0. The first-order valence-corrected chi connectivity index (χ1v) is 15.5. The number of benzene rings is 3. The number of methoxy groups -OCH3 is 2. The molecule has 0 atom stereocenters. The molecule has 41 heavy (non-hydrogen) atoms. The van der Waals surface area contributed by atoms with Gasteiger partial charge in [0.2, 0.25) is 0 Å². The van der Waals surface area contributed by atoms with Gasteiger partial charge in [-0.15, -0.1) is 0 Å². The quantitative estimate of drug-likeness (QED) is 0.0748. The molecule has 0 saturated carbocycles. The predicted molar refractivity (Wildman–Crippen MR) is 166 cm³/mol. The van der Waals surface area contributed by atoms with E-state index < -0.39 is 0 Å². The van der Waals surface area contributed by atoms with E-state index in [0.717, 1.165) is 110 Å². The number of unbranched alkanes of at least 4 members (excludes halogenated alkanes) is 10. The second-order valence-electron chi connectivity index (χ2n) is 10.5. The van der Waals surface area contributed by atoms with Crippen molar-refractivity contribution in [2.45, 2.75) is 89.9 Å². The second-order valence-corrected chi connectivity index (χ2v) is 10.9. The molecule has 0 heterocycles. The van der Waals surface area contributed by atoms with Crippen LogP contribution in [-0.4, -0.2) is 39.4 Å². The van der Waals surface area contributed by atoms with Crippen LogP contribution >= 0.6 is 11.6 Å². The summed E-state index contributed by atoms with van der Waals surface area (Å²) in [5, 5.41) is 4.73. The van der Waals surface area contributed by atoms with Crippen LogP contribution in [0.5, 0.6) is 11.5 Å². The summed E-state index contributed by atoms with van der Waals surface area (Å²) in [6.07, 6.45) is 13.5. The highest BCUT2D eigenvalue weighted by Gasteiger charge is 2.16. The van der Waals surface area contributed by atoms with Crippen LogP contribution in [0, 0.1) is 0 Å². The van der Waals surface area contributed by atoms with E-state index in [1.165, 1.54) is 14.2 Å². The van der Waals surface area contributed by atoms with E-state index in [1.54, 1.807) is 0 Å². The molecule has 0 bridgehead atoms. The van der Waals surface area contributed by atoms with Crippen molar-refractivity contribution in [3.05, 3.63) is 47.5 Å². The Morgan fingerprint density at radius 2 is 0.976 bits per heavy atom. The summed E-state index contributed by atoms with van der Waals surface area (Å²) in [6, 6.07) is 14.2. The number of carbonyl (C=O) groups is 2. The minimum absolute atomic E-state index is 0.129. The first kappa shape index (κ1) is 32.5. The summed E-state index contributed by atoms with van der Waals surface area (Å²) in [5.74, 6) is 1.48. The van der Waals surface area contributed by atoms with Crippen LogP contribution in [0.4, 0.5) is 0 Å². The molecular weight excluding hydrogens is 540 g/mol. The van der Waals surface area contributed by atoms with Gasteiger partial charge in [0.1, 0.15) is 11.5 Å². The average Bonchev–Trinajstić information content (AvgIpc) is 2.99. The molecule has 0 radical (unpaired) electrons. The highest BCUT2D eigenvalue weighted by atomic mass is 35.5. The van der Waals surface area contributed by atoms with Crippen LogP contribution in [0.3, 0.4) is 0 Å². The minimum Gasteiger partial charge on any atom is -0.492 e. The molecule has 0 saturated heterocycles. The van der Waals surface area contributed by atoms with E-state index in [-0.39, 0.29) is 11.9 Å². The Bertz CT molecular complexity index is 1240. The highest BCUT2D eigenvalue weighted by Crippen LogP contribution is 2.43. The van der Waals surface area contributed by atoms with E-state index in [4.69, 9.17) is 30.5 Å². The van der Waals surface area contributed by atoms with Gasteiger partial charge in [0, 0.05) is 39.4 Å². The molecule has 0 aliphatic rings. The molecule has 0 unspecified atom stereocenters. The van der Waals surface area contributed by atoms with Gasteiger partial charge in [-0.2, -0.15) is 0 Å². The van der Waals surface area contributed by atoms with E-state index in [0.29, 0.717) is 31.1 Å². The van der Waals surface area contributed by atoms with E-state index in [9.17, 15) is 9.59 Å². The molecule has 6 nitrogen and oxygen atoms in total. The van der Waals surface area contributed by atoms with Crippen LogP contribution < -0.4 is 9.47 Å². The fourth-order valence-electron chi connectivity index (χ4n) is 5.09. The molecule has 7 heteroatoms. The maximum absolute atomic E-state index is 11.2. The van der Waals surface area contributed by atoms with Crippen molar-refractivity contribution in [3.63, 3.8) is 0 Å². The second kappa shape index (κ2) is 18.4. The first-order chi connectivity index (χ1) is 20.0. The summed E-state index contributed by atoms with van der Waals surface area (Å²) < 4.78 is 22.2. The van der Waals surface area contributed by atoms with Gasteiger partial charge in [-0.25, -0.2) is 0 Å². The lowest BCUT2D eigenvalue weighted by Gasteiger charge is -2.18. The Labute approximate surface area is 249 Å². The molecule has 0 N–H and O–H groups in total. The van der Waals surface area contributed by atoms with Gasteiger partial charge in [0.25, 0.3) is 0 Å². The summed E-state index contributed by atoms with van der Waals surface area (Å²) in [5.41, 5.74) is 0. The number of carbonyl (C=O) groups excluding carboxylic acids is 2. The monoisotopic (exact) mass is 584 g/mol. The molecular formula is C34H45ClO6. The number of halogens is 1. The number of fused-ring (bicyclic) bond motifs is 2. The number of rotatable bonds is 20. The number of esters is 2. The van der Waals surface area contributed by atoms with Crippen LogP contribution in [0.25, 0.3) is 21.5 Å². The van der Waals surface area contributed by atoms with Gasteiger partial charge in [0.05, 0.1) is 27.4 Å².